The summed E-state index contributed by atoms with van der Waals surface area (Å²) in [6.07, 6.45) is 2.60. The molecule has 2 heterocycles. The highest BCUT2D eigenvalue weighted by Gasteiger charge is 2.15. The van der Waals surface area contributed by atoms with Crippen LogP contribution in [-0.2, 0) is 11.3 Å². The Balaban J connectivity index is 2.20. The molecular formula is C13H18N4OS2. The molecule has 0 aromatic carbocycles. The first-order valence-corrected chi connectivity index (χ1v) is 8.47. The van der Waals surface area contributed by atoms with E-state index in [1.807, 2.05) is 22.1 Å². The zero-order chi connectivity index (χ0) is 14.4. The molecule has 0 bridgehead atoms. The second kappa shape index (κ2) is 7.44. The van der Waals surface area contributed by atoms with Crippen molar-refractivity contribution in [3.05, 3.63) is 17.5 Å². The fourth-order valence-electron chi connectivity index (χ4n) is 1.71. The topological polar surface area (TPSA) is 73.8 Å². The molecule has 2 aromatic rings. The number of carbonyl (C=O) groups excluding carboxylic acids is 1. The number of unbranched alkanes of at least 4 members (excludes halogenated alkanes) is 1. The zero-order valence-corrected chi connectivity index (χ0v) is 13.0. The van der Waals surface area contributed by atoms with E-state index < -0.39 is 0 Å². The third-order valence-corrected chi connectivity index (χ3v) is 4.69. The minimum Gasteiger partial charge on any atom is -0.370 e. The van der Waals surface area contributed by atoms with Crippen molar-refractivity contribution in [3.63, 3.8) is 0 Å². The second-order valence-electron chi connectivity index (χ2n) is 4.35. The van der Waals surface area contributed by atoms with Crippen molar-refractivity contribution in [2.45, 2.75) is 37.9 Å². The summed E-state index contributed by atoms with van der Waals surface area (Å²) >= 11 is 3.30. The van der Waals surface area contributed by atoms with Crippen LogP contribution in [0.4, 0.5) is 0 Å². The average molecular weight is 310 g/mol. The molecule has 2 N–H and O–H groups in total. The third-order valence-electron chi connectivity index (χ3n) is 2.77. The number of thioether (sulfide) groups is 1. The van der Waals surface area contributed by atoms with Crippen LogP contribution in [0.2, 0.25) is 0 Å². The molecule has 20 heavy (non-hydrogen) atoms. The molecule has 0 saturated carbocycles. The molecule has 0 fully saturated rings. The Morgan fingerprint density at radius 3 is 3.00 bits per heavy atom. The maximum atomic E-state index is 11.0. The van der Waals surface area contributed by atoms with Crippen LogP contribution in [-0.4, -0.2) is 26.4 Å². The van der Waals surface area contributed by atoms with E-state index in [9.17, 15) is 4.79 Å². The zero-order valence-electron chi connectivity index (χ0n) is 11.4. The lowest BCUT2D eigenvalue weighted by Gasteiger charge is -2.07. The maximum absolute atomic E-state index is 11.0. The van der Waals surface area contributed by atoms with Gasteiger partial charge in [0.1, 0.15) is 0 Å². The molecule has 0 unspecified atom stereocenters. The first-order chi connectivity index (χ1) is 9.72. The number of rotatable bonds is 8. The molecule has 7 heteroatoms. The van der Waals surface area contributed by atoms with Gasteiger partial charge in [0.2, 0.25) is 5.91 Å². The first kappa shape index (κ1) is 15.1. The van der Waals surface area contributed by atoms with E-state index in [1.165, 1.54) is 0 Å². The number of nitrogens with two attached hydrogens (primary N) is 1. The summed E-state index contributed by atoms with van der Waals surface area (Å²) in [4.78, 5) is 12.1. The SMILES string of the molecule is CCCCSc1nnc(-c2cccs2)n1CCC(N)=O. The molecule has 0 radical (unpaired) electrons. The van der Waals surface area contributed by atoms with Gasteiger partial charge < -0.3 is 10.3 Å². The van der Waals surface area contributed by atoms with Crippen molar-refractivity contribution >= 4 is 29.0 Å². The van der Waals surface area contributed by atoms with Crippen LogP contribution in [0.3, 0.4) is 0 Å². The van der Waals surface area contributed by atoms with Crippen LogP contribution in [0.5, 0.6) is 0 Å². The predicted octanol–water partition coefficient (Wildman–Crippen LogP) is 2.77. The quantitative estimate of drug-likeness (QED) is 0.601. The summed E-state index contributed by atoms with van der Waals surface area (Å²) in [5.41, 5.74) is 5.25. The van der Waals surface area contributed by atoms with Crippen LogP contribution in [0.25, 0.3) is 10.7 Å². The van der Waals surface area contributed by atoms with Gasteiger partial charge in [0.05, 0.1) is 4.88 Å². The first-order valence-electron chi connectivity index (χ1n) is 6.60. The van der Waals surface area contributed by atoms with Crippen molar-refractivity contribution in [3.8, 4) is 10.7 Å². The smallest absolute Gasteiger partial charge is 0.219 e. The van der Waals surface area contributed by atoms with E-state index in [-0.39, 0.29) is 5.91 Å². The van der Waals surface area contributed by atoms with Gasteiger partial charge in [-0.3, -0.25) is 4.79 Å². The standard InChI is InChI=1S/C13H18N4OS2/c1-2-3-8-20-13-16-15-12(10-5-4-9-19-10)17(13)7-6-11(14)18/h4-5,9H,2-3,6-8H2,1H3,(H2,14,18). The summed E-state index contributed by atoms with van der Waals surface area (Å²) in [7, 11) is 0. The number of hydrogen-bond donors (Lipinski definition) is 1. The van der Waals surface area contributed by atoms with Gasteiger partial charge in [0.15, 0.2) is 11.0 Å². The second-order valence-corrected chi connectivity index (χ2v) is 6.36. The Kier molecular flexibility index (Phi) is 5.60. The van der Waals surface area contributed by atoms with Crippen molar-refractivity contribution in [1.29, 1.82) is 0 Å². The molecule has 108 valence electrons. The van der Waals surface area contributed by atoms with Gasteiger partial charge in [-0.2, -0.15) is 0 Å². The van der Waals surface area contributed by atoms with Crippen LogP contribution >= 0.6 is 23.1 Å². The molecule has 2 aromatic heterocycles. The largest absolute Gasteiger partial charge is 0.370 e. The van der Waals surface area contributed by atoms with Crippen LogP contribution in [0.1, 0.15) is 26.2 Å². The average Bonchev–Trinajstić information content (AvgIpc) is 3.05. The highest BCUT2D eigenvalue weighted by molar-refractivity contribution is 7.99. The van der Waals surface area contributed by atoms with Gasteiger partial charge in [-0.1, -0.05) is 31.2 Å². The van der Waals surface area contributed by atoms with Crippen molar-refractivity contribution in [2.24, 2.45) is 5.73 Å². The van der Waals surface area contributed by atoms with Gasteiger partial charge in [0.25, 0.3) is 0 Å². The summed E-state index contributed by atoms with van der Waals surface area (Å²) < 4.78 is 2.00. The summed E-state index contributed by atoms with van der Waals surface area (Å²) in [6, 6.07) is 3.99. The fourth-order valence-corrected chi connectivity index (χ4v) is 3.48. The lowest BCUT2D eigenvalue weighted by molar-refractivity contribution is -0.118. The lowest BCUT2D eigenvalue weighted by atomic mass is 10.4. The maximum Gasteiger partial charge on any atom is 0.219 e. The molecule has 2 rings (SSSR count). The monoisotopic (exact) mass is 310 g/mol. The highest BCUT2D eigenvalue weighted by Crippen LogP contribution is 2.27. The molecule has 0 saturated heterocycles. The molecule has 0 spiro atoms. The van der Waals surface area contributed by atoms with Crippen LogP contribution < -0.4 is 5.73 Å². The summed E-state index contributed by atoms with van der Waals surface area (Å²) in [5.74, 6) is 1.52. The van der Waals surface area contributed by atoms with Crippen LogP contribution in [0.15, 0.2) is 22.7 Å². The van der Waals surface area contributed by atoms with Crippen molar-refractivity contribution in [2.75, 3.05) is 5.75 Å². The van der Waals surface area contributed by atoms with Gasteiger partial charge in [-0.25, -0.2) is 0 Å². The van der Waals surface area contributed by atoms with E-state index in [0.717, 1.165) is 34.5 Å². The predicted molar refractivity (Wildman–Crippen MR) is 82.8 cm³/mol. The number of nitrogens with zero attached hydrogens (tertiary/aromatic N) is 3. The third kappa shape index (κ3) is 3.83. The molecule has 0 aliphatic heterocycles. The van der Waals surface area contributed by atoms with Gasteiger partial charge in [-0.15, -0.1) is 21.5 Å². The molecular weight excluding hydrogens is 292 g/mol. The van der Waals surface area contributed by atoms with E-state index in [1.54, 1.807) is 23.1 Å². The Morgan fingerprint density at radius 1 is 1.50 bits per heavy atom. The van der Waals surface area contributed by atoms with E-state index in [0.29, 0.717) is 13.0 Å². The van der Waals surface area contributed by atoms with Gasteiger partial charge in [-0.05, 0) is 17.9 Å². The van der Waals surface area contributed by atoms with E-state index >= 15 is 0 Å². The summed E-state index contributed by atoms with van der Waals surface area (Å²) in [5, 5.41) is 11.4. The van der Waals surface area contributed by atoms with Gasteiger partial charge in [0, 0.05) is 18.7 Å². The molecule has 0 aliphatic carbocycles. The minimum absolute atomic E-state index is 0.303. The molecule has 1 amide bonds. The van der Waals surface area contributed by atoms with E-state index in [4.69, 9.17) is 5.73 Å². The molecule has 0 aliphatic rings. The lowest BCUT2D eigenvalue weighted by Crippen LogP contribution is -2.14. The van der Waals surface area contributed by atoms with Crippen molar-refractivity contribution in [1.82, 2.24) is 14.8 Å². The summed E-state index contributed by atoms with van der Waals surface area (Å²) in [6.45, 7) is 2.69. The highest BCUT2D eigenvalue weighted by atomic mass is 32.2. The fraction of sp³-hybridized carbons (Fsp3) is 0.462. The molecule has 5 nitrogen and oxygen atoms in total. The number of aromatic nitrogens is 3. The van der Waals surface area contributed by atoms with Gasteiger partial charge >= 0.3 is 0 Å². The van der Waals surface area contributed by atoms with Crippen molar-refractivity contribution < 1.29 is 4.79 Å². The number of primary amides is 1. The number of hydrogen-bond acceptors (Lipinski definition) is 5. The van der Waals surface area contributed by atoms with Crippen LogP contribution in [0, 0.1) is 0 Å². The van der Waals surface area contributed by atoms with E-state index in [2.05, 4.69) is 17.1 Å². The Labute approximate surface area is 126 Å². The Morgan fingerprint density at radius 2 is 2.35 bits per heavy atom. The number of thiophene rings is 1. The Hall–Kier alpha value is -1.34. The normalized spacial score (nSPS) is 10.8. The Bertz CT molecular complexity index is 551. The number of carbonyl (C=O) groups is 1. The minimum atomic E-state index is -0.305. The molecule has 0 atom stereocenters. The number of amides is 1.